The number of hydrogen-bond acceptors (Lipinski definition) is 3. The molecule has 3 heterocycles. The van der Waals surface area contributed by atoms with Gasteiger partial charge >= 0.3 is 0 Å². The maximum atomic E-state index is 10.4. The largest absolute Gasteiger partial charge is 0.256 e. The van der Waals surface area contributed by atoms with E-state index in [1.165, 1.54) is 36.5 Å². The molecule has 0 aliphatic rings. The molecule has 0 radical (unpaired) electrons. The minimum atomic E-state index is -2.99. The van der Waals surface area contributed by atoms with E-state index in [2.05, 4.69) is 0 Å². The zero-order chi connectivity index (χ0) is 57.3. The molecule has 3 nitrogen and oxygen atoms in total. The van der Waals surface area contributed by atoms with E-state index in [4.69, 9.17) is 19.1 Å². The minimum absolute atomic E-state index is 0.00666. The van der Waals surface area contributed by atoms with Crippen molar-refractivity contribution in [3.8, 4) is 56.0 Å². The standard InChI is InChI=1S/C66H65N3/c1-6-65(7-2,59-34-36-62(68-46-59)53-22-15-11-16-23-53)43-50-38-49(39-51(40-50)44-66(8-3,9-4)60-35-37-63(69-47-60)54-24-17-12-18-25-54)30-33-58-45-67-64(55-31-28-48(5)29-32-55)42-61(58)57-27-19-26-56(41-57)52-20-13-10-14-21-52/h10-29,31-32,34-42,45-47H,6-9,30,33,43-44H2,1-5H3/i5D3,30D2,33D2,43D2,44D2. The van der Waals surface area contributed by atoms with Gasteiger partial charge in [0.15, 0.2) is 0 Å². The van der Waals surface area contributed by atoms with Gasteiger partial charge in [0.25, 0.3) is 0 Å². The lowest BCUT2D eigenvalue weighted by atomic mass is 9.70. The summed E-state index contributed by atoms with van der Waals surface area (Å²) in [6.45, 7) is 5.30. The molecule has 69 heavy (non-hydrogen) atoms. The molecule has 0 unspecified atom stereocenters. The third-order valence-electron chi connectivity index (χ3n) is 13.6. The molecule has 9 rings (SSSR count). The Labute approximate surface area is 426 Å². The Morgan fingerprint density at radius 3 is 1.35 bits per heavy atom. The van der Waals surface area contributed by atoms with Crippen molar-refractivity contribution in [3.05, 3.63) is 246 Å². The second-order valence-electron chi connectivity index (χ2n) is 17.6. The average Bonchev–Trinajstić information content (AvgIpc) is 3.49. The molecule has 0 saturated carbocycles. The van der Waals surface area contributed by atoms with E-state index in [1.54, 1.807) is 30.6 Å². The van der Waals surface area contributed by atoms with Crippen LogP contribution in [-0.2, 0) is 36.3 Å². The third-order valence-corrected chi connectivity index (χ3v) is 13.6. The van der Waals surface area contributed by atoms with Crippen LogP contribution in [0.15, 0.2) is 207 Å². The van der Waals surface area contributed by atoms with E-state index in [0.29, 0.717) is 70.6 Å². The first-order chi connectivity index (χ1) is 38.1. The first kappa shape index (κ1) is 35.0. The number of benzene rings is 6. The summed E-state index contributed by atoms with van der Waals surface area (Å²) in [5.74, 6) is 0. The van der Waals surface area contributed by atoms with Crippen LogP contribution < -0.4 is 0 Å². The smallest absolute Gasteiger partial charge is 0.0708 e. The van der Waals surface area contributed by atoms with Crippen molar-refractivity contribution in [3.63, 3.8) is 0 Å². The van der Waals surface area contributed by atoms with E-state index >= 15 is 0 Å². The fraction of sp³-hybridized carbons (Fsp3) is 0.227. The fourth-order valence-corrected chi connectivity index (χ4v) is 9.35. The van der Waals surface area contributed by atoms with Crippen LogP contribution in [0.4, 0.5) is 0 Å². The van der Waals surface area contributed by atoms with Gasteiger partial charge in [0.2, 0.25) is 0 Å². The summed E-state index contributed by atoms with van der Waals surface area (Å²) in [7, 11) is 0. The molecular formula is C66H65N3. The van der Waals surface area contributed by atoms with Gasteiger partial charge in [-0.2, -0.15) is 0 Å². The molecule has 3 aromatic heterocycles. The number of nitrogens with zero attached hydrogens (tertiary/aromatic N) is 3. The van der Waals surface area contributed by atoms with Crippen molar-refractivity contribution in [1.82, 2.24) is 15.0 Å². The van der Waals surface area contributed by atoms with Crippen LogP contribution in [0.1, 0.15) is 107 Å². The second-order valence-corrected chi connectivity index (χ2v) is 17.6. The van der Waals surface area contributed by atoms with Crippen molar-refractivity contribution in [2.75, 3.05) is 0 Å². The summed E-state index contributed by atoms with van der Waals surface area (Å²) in [6, 6.07) is 56.5. The molecule has 6 aromatic carbocycles. The lowest BCUT2D eigenvalue weighted by Gasteiger charge is -2.34. The summed E-state index contributed by atoms with van der Waals surface area (Å²) in [6.07, 6.45) is -4.66. The summed E-state index contributed by atoms with van der Waals surface area (Å²) < 4.78 is 106. The van der Waals surface area contributed by atoms with E-state index in [-0.39, 0.29) is 27.8 Å². The predicted octanol–water partition coefficient (Wildman–Crippen LogP) is 16.9. The van der Waals surface area contributed by atoms with Crippen molar-refractivity contribution >= 4 is 0 Å². The highest BCUT2D eigenvalue weighted by molar-refractivity contribution is 5.77. The van der Waals surface area contributed by atoms with Crippen LogP contribution >= 0.6 is 0 Å². The van der Waals surface area contributed by atoms with E-state index in [0.717, 1.165) is 22.3 Å². The van der Waals surface area contributed by atoms with Gasteiger partial charge in [-0.25, -0.2) is 0 Å². The van der Waals surface area contributed by atoms with Gasteiger partial charge in [-0.3, -0.25) is 15.0 Å². The second kappa shape index (κ2) is 21.4. The molecule has 0 fully saturated rings. The Balaban J connectivity index is 1.25. The number of pyridine rings is 3. The quantitative estimate of drug-likeness (QED) is 0.0861. The molecule has 344 valence electrons. The topological polar surface area (TPSA) is 38.7 Å². The van der Waals surface area contributed by atoms with Crippen molar-refractivity contribution in [1.29, 1.82) is 0 Å². The number of aromatic nitrogens is 3. The first-order valence-corrected chi connectivity index (χ1v) is 24.1. The first-order valence-electron chi connectivity index (χ1n) is 29.6. The molecule has 0 atom stereocenters. The van der Waals surface area contributed by atoms with Crippen LogP contribution in [0.25, 0.3) is 56.0 Å². The molecule has 0 amide bonds. The van der Waals surface area contributed by atoms with Crippen LogP contribution in [-0.4, -0.2) is 15.0 Å². The highest BCUT2D eigenvalue weighted by Gasteiger charge is 2.32. The Morgan fingerprint density at radius 2 is 0.855 bits per heavy atom. The van der Waals surface area contributed by atoms with Crippen molar-refractivity contribution in [2.45, 2.75) is 96.6 Å². The molecule has 3 heteroatoms. The predicted molar refractivity (Wildman–Crippen MR) is 290 cm³/mol. The molecule has 0 saturated heterocycles. The van der Waals surface area contributed by atoms with E-state index in [1.807, 2.05) is 167 Å². The lowest BCUT2D eigenvalue weighted by molar-refractivity contribution is 0.386. The van der Waals surface area contributed by atoms with E-state index < -0.39 is 43.2 Å². The number of rotatable bonds is 18. The molecule has 9 aromatic rings. The Hall–Kier alpha value is -7.23. The van der Waals surface area contributed by atoms with Crippen molar-refractivity contribution < 1.29 is 15.1 Å². The highest BCUT2D eigenvalue weighted by atomic mass is 14.7. The maximum Gasteiger partial charge on any atom is 0.0708 e. The highest BCUT2D eigenvalue weighted by Crippen LogP contribution is 2.40. The minimum Gasteiger partial charge on any atom is -0.256 e. The maximum absolute atomic E-state index is 10.4. The zero-order valence-corrected chi connectivity index (χ0v) is 39.8. The fourth-order valence-electron chi connectivity index (χ4n) is 9.35. The Morgan fingerprint density at radius 1 is 0.391 bits per heavy atom. The lowest BCUT2D eigenvalue weighted by Crippen LogP contribution is -2.29. The Bertz CT molecular complexity index is 3430. The molecule has 0 spiro atoms. The zero-order valence-electron chi connectivity index (χ0n) is 50.8. The summed E-state index contributed by atoms with van der Waals surface area (Å²) >= 11 is 0. The third kappa shape index (κ3) is 10.6. The summed E-state index contributed by atoms with van der Waals surface area (Å²) in [4.78, 5) is 14.4. The molecule has 0 bridgehead atoms. The summed E-state index contributed by atoms with van der Waals surface area (Å²) in [5.41, 5.74) is 5.29. The molecule has 0 aliphatic carbocycles. The molecule has 0 N–H and O–H groups in total. The monoisotopic (exact) mass is 911 g/mol. The van der Waals surface area contributed by atoms with Crippen LogP contribution in [0.5, 0.6) is 0 Å². The Kier molecular flexibility index (Phi) is 10.8. The molecule has 0 aliphatic heterocycles. The van der Waals surface area contributed by atoms with Crippen LogP contribution in [0.2, 0.25) is 0 Å². The van der Waals surface area contributed by atoms with Gasteiger partial charge in [0.1, 0.15) is 0 Å². The van der Waals surface area contributed by atoms with Gasteiger partial charge in [-0.1, -0.05) is 197 Å². The summed E-state index contributed by atoms with van der Waals surface area (Å²) in [5, 5.41) is 0. The van der Waals surface area contributed by atoms with Gasteiger partial charge < -0.3 is 0 Å². The van der Waals surface area contributed by atoms with Crippen molar-refractivity contribution in [2.24, 2.45) is 0 Å². The van der Waals surface area contributed by atoms with E-state index in [9.17, 15) is 11.0 Å². The van der Waals surface area contributed by atoms with Crippen LogP contribution in [0.3, 0.4) is 0 Å². The van der Waals surface area contributed by atoms with Gasteiger partial charge in [0.05, 0.1) is 17.1 Å². The van der Waals surface area contributed by atoms with Gasteiger partial charge in [-0.15, -0.1) is 0 Å². The SMILES string of the molecule is [2H]C([2H])([2H])c1ccc(-c2cc(-c3cccc(-c4ccccc4)c3)c(C([2H])([2H])C([2H])([2H])c3cc(C([2H])([2H])C(CC)(CC)c4ccc(-c5ccccc5)nc4)cc(C([2H])([2H])C(CC)(CC)c4ccc(-c5ccccc5)nc4)c3)cn2)cc1. The van der Waals surface area contributed by atoms with Gasteiger partial charge in [-0.05, 0) is 138 Å². The van der Waals surface area contributed by atoms with Gasteiger partial charge in [0, 0.05) is 61.2 Å². The molecular weight excluding hydrogens is 835 g/mol. The number of hydrogen-bond donors (Lipinski definition) is 0. The number of aryl methyl sites for hydroxylation is 3. The normalized spacial score (nSPS) is 15.1. The van der Waals surface area contributed by atoms with Crippen LogP contribution in [0, 0.1) is 6.85 Å². The average molecular weight is 911 g/mol.